The highest BCUT2D eigenvalue weighted by Crippen LogP contribution is 2.09. The number of hydrogen-bond acceptors (Lipinski definition) is 8. The molecule has 0 saturated carbocycles. The van der Waals surface area contributed by atoms with E-state index in [1.165, 1.54) is 33.9 Å². The van der Waals surface area contributed by atoms with Crippen molar-refractivity contribution in [1.82, 2.24) is 0 Å². The summed E-state index contributed by atoms with van der Waals surface area (Å²) in [6, 6.07) is 26.6. The van der Waals surface area contributed by atoms with Crippen LogP contribution in [0, 0.1) is 0 Å². The minimum absolute atomic E-state index is 0.422. The van der Waals surface area contributed by atoms with Crippen molar-refractivity contribution in [1.29, 1.82) is 0 Å². The minimum atomic E-state index is -1.54. The number of carbonyl (C=O) groups is 4. The van der Waals surface area contributed by atoms with E-state index in [2.05, 4.69) is 0 Å². The monoisotopic (exact) mass is 654 g/mol. The quantitative estimate of drug-likeness (QED) is 0.181. The summed E-state index contributed by atoms with van der Waals surface area (Å²) in [5.74, 6) is -5.76. The van der Waals surface area contributed by atoms with Crippen LogP contribution < -0.4 is 19.3 Å². The molecule has 1 aliphatic heterocycles. The fourth-order valence-corrected chi connectivity index (χ4v) is 4.29. The lowest BCUT2D eigenvalue weighted by atomic mass is 10.1. The van der Waals surface area contributed by atoms with Gasteiger partial charge in [0.05, 0.1) is 38.6 Å². The number of benzene rings is 2. The van der Waals surface area contributed by atoms with Crippen LogP contribution in [0.1, 0.15) is 22.3 Å². The van der Waals surface area contributed by atoms with Crippen molar-refractivity contribution in [3.63, 3.8) is 0 Å². The number of aliphatic carboxylic acids is 4. The first-order chi connectivity index (χ1) is 23.1. The van der Waals surface area contributed by atoms with Gasteiger partial charge in [-0.15, -0.1) is 0 Å². The van der Waals surface area contributed by atoms with Crippen LogP contribution in [0.25, 0.3) is 11.4 Å². The first-order valence-electron chi connectivity index (χ1n) is 14.7. The van der Waals surface area contributed by atoms with Crippen LogP contribution >= 0.6 is 0 Å². The molecule has 0 radical (unpaired) electrons. The molecule has 2 aromatic heterocycles. The van der Waals surface area contributed by atoms with Gasteiger partial charge in [-0.3, -0.25) is 0 Å². The predicted octanol–water partition coefficient (Wildman–Crippen LogP) is 0.514. The van der Waals surface area contributed by atoms with Crippen molar-refractivity contribution in [3.05, 3.63) is 144 Å². The molecular formula is C36H34N2O10. The molecule has 0 atom stereocenters. The zero-order valence-corrected chi connectivity index (χ0v) is 25.8. The van der Waals surface area contributed by atoms with E-state index in [4.69, 9.17) is 19.7 Å². The molecule has 0 amide bonds. The number of aromatic nitrogens is 2. The van der Waals surface area contributed by atoms with Crippen LogP contribution in [0.4, 0.5) is 0 Å². The first kappa shape index (κ1) is 36.5. The zero-order chi connectivity index (χ0) is 34.7. The summed E-state index contributed by atoms with van der Waals surface area (Å²) in [7, 11) is 0. The summed E-state index contributed by atoms with van der Waals surface area (Å²) >= 11 is 0. The van der Waals surface area contributed by atoms with Gasteiger partial charge >= 0.3 is 11.9 Å². The van der Waals surface area contributed by atoms with Gasteiger partial charge in [-0.05, 0) is 35.1 Å². The molecular weight excluding hydrogens is 620 g/mol. The second kappa shape index (κ2) is 19.5. The average Bonchev–Trinajstić information content (AvgIpc) is 3.09. The van der Waals surface area contributed by atoms with Crippen molar-refractivity contribution in [2.75, 3.05) is 26.4 Å². The fraction of sp³-hybridized carbons (Fsp3) is 0.167. The summed E-state index contributed by atoms with van der Waals surface area (Å²) in [4.78, 5) is 43.1. The summed E-state index contributed by atoms with van der Waals surface area (Å²) in [6.45, 7) is 3.11. The molecule has 1 aliphatic rings. The largest absolute Gasteiger partial charge is 0.539 e. The van der Waals surface area contributed by atoms with Gasteiger partial charge in [-0.2, -0.15) is 9.13 Å². The molecule has 0 spiro atoms. The van der Waals surface area contributed by atoms with E-state index in [-0.39, 0.29) is 0 Å². The normalized spacial score (nSPS) is 12.8. The maximum absolute atomic E-state index is 10.9. The number of rotatable bonds is 10. The average molecular weight is 655 g/mol. The Morgan fingerprint density at radius 1 is 0.542 bits per heavy atom. The third-order valence-corrected chi connectivity index (χ3v) is 6.54. The molecule has 0 aliphatic carbocycles. The Bertz CT molecular complexity index is 1570. The minimum Gasteiger partial charge on any atom is -0.539 e. The van der Waals surface area contributed by atoms with E-state index in [9.17, 15) is 29.4 Å². The third kappa shape index (κ3) is 13.2. The summed E-state index contributed by atoms with van der Waals surface area (Å²) in [6.07, 6.45) is 8.64. The second-order valence-corrected chi connectivity index (χ2v) is 10.1. The van der Waals surface area contributed by atoms with E-state index >= 15 is 0 Å². The molecule has 12 heteroatoms. The van der Waals surface area contributed by atoms with Crippen molar-refractivity contribution in [3.8, 4) is 0 Å². The van der Waals surface area contributed by atoms with Crippen molar-refractivity contribution >= 4 is 35.3 Å². The molecule has 4 aromatic rings. The Balaban J connectivity index is 0.000000222. The first-order valence-corrected chi connectivity index (χ1v) is 14.7. The molecule has 2 N–H and O–H groups in total. The van der Waals surface area contributed by atoms with Gasteiger partial charge in [-0.25, -0.2) is 9.59 Å². The molecule has 5 rings (SSSR count). The Morgan fingerprint density at radius 2 is 0.833 bits per heavy atom. The highest BCUT2D eigenvalue weighted by Gasteiger charge is 2.15. The van der Waals surface area contributed by atoms with Gasteiger partial charge in [0.1, 0.15) is 11.9 Å². The number of carboxylic acid groups (broad SMARTS) is 4. The van der Waals surface area contributed by atoms with Gasteiger partial charge in [0.15, 0.2) is 24.8 Å². The van der Waals surface area contributed by atoms with Gasteiger partial charge in [0, 0.05) is 24.3 Å². The number of nitrogens with zero attached hydrogens (tertiary/aromatic N) is 2. The van der Waals surface area contributed by atoms with Gasteiger partial charge in [-0.1, -0.05) is 60.7 Å². The topological polar surface area (TPSA) is 181 Å². The maximum Gasteiger partial charge on any atom is 0.335 e. The van der Waals surface area contributed by atoms with Crippen molar-refractivity contribution < 1.29 is 58.2 Å². The van der Waals surface area contributed by atoms with E-state index in [1.54, 1.807) is 24.3 Å². The van der Waals surface area contributed by atoms with Gasteiger partial charge in [0.2, 0.25) is 11.4 Å². The van der Waals surface area contributed by atoms with Gasteiger partial charge in [0.25, 0.3) is 0 Å². The lowest BCUT2D eigenvalue weighted by Crippen LogP contribution is -2.42. The zero-order valence-electron chi connectivity index (χ0n) is 25.8. The smallest absolute Gasteiger partial charge is 0.335 e. The van der Waals surface area contributed by atoms with E-state index in [1.807, 2.05) is 60.7 Å². The molecule has 48 heavy (non-hydrogen) atoms. The molecule has 0 bridgehead atoms. The molecule has 1 saturated heterocycles. The third-order valence-electron chi connectivity index (χ3n) is 6.54. The number of pyridine rings is 2. The van der Waals surface area contributed by atoms with Crippen LogP contribution in [0.2, 0.25) is 0 Å². The van der Waals surface area contributed by atoms with E-state index < -0.39 is 35.3 Å². The van der Waals surface area contributed by atoms with Crippen LogP contribution in [-0.2, 0) is 41.5 Å². The molecule has 248 valence electrons. The predicted molar refractivity (Wildman–Crippen MR) is 167 cm³/mol. The Hall–Kier alpha value is -5.98. The van der Waals surface area contributed by atoms with Crippen molar-refractivity contribution in [2.45, 2.75) is 12.8 Å². The Labute approximate surface area is 276 Å². The maximum atomic E-state index is 10.9. The van der Waals surface area contributed by atoms with E-state index in [0.29, 0.717) is 25.0 Å². The fourth-order valence-electron chi connectivity index (χ4n) is 4.29. The molecule has 2 aromatic carbocycles. The number of carbonyl (C=O) groups excluding carboxylic acids is 2. The summed E-state index contributed by atoms with van der Waals surface area (Å²) in [5, 5.41) is 39.2. The Morgan fingerprint density at radius 3 is 1.08 bits per heavy atom. The highest BCUT2D eigenvalue weighted by molar-refractivity contribution is 6.09. The highest BCUT2D eigenvalue weighted by atomic mass is 16.6. The Kier molecular flexibility index (Phi) is 14.8. The number of ether oxygens (including phenoxy) is 2. The standard InChI is InChI=1S/2C16H13NO4.C4H8O2/c2*18-15(19)11-14(16(20)21)17-8-6-13(7-9-17)10-12-4-2-1-3-5-12;1-2-6-4-3-5-1/h2*1-9,11H,10H2,(H-,18,19,20,21);1-4H2/b2*14-11-;. The SMILES string of the molecule is C1COCCO1.O=C(O)/C=C(/C(=O)[O-])[n+]1ccc(Cc2ccccc2)cc1.O=C(O)/C=C(/C(=O)[O-])[n+]1ccc(Cc2ccccc2)cc1. The second-order valence-electron chi connectivity index (χ2n) is 10.1. The summed E-state index contributed by atoms with van der Waals surface area (Å²) in [5.41, 5.74) is 3.41. The van der Waals surface area contributed by atoms with Crippen LogP contribution in [0.5, 0.6) is 0 Å². The molecule has 1 fully saturated rings. The molecule has 0 unspecified atom stereocenters. The summed E-state index contributed by atoms with van der Waals surface area (Å²) < 4.78 is 12.3. The van der Waals surface area contributed by atoms with Crippen molar-refractivity contribution in [2.24, 2.45) is 0 Å². The molecule has 12 nitrogen and oxygen atoms in total. The number of hydrogen-bond donors (Lipinski definition) is 2. The lowest BCUT2D eigenvalue weighted by molar-refractivity contribution is -0.582. The lowest BCUT2D eigenvalue weighted by Gasteiger charge is -2.09. The molecule has 3 heterocycles. The number of carboxylic acids is 4. The van der Waals surface area contributed by atoms with Crippen LogP contribution in [-0.4, -0.2) is 60.5 Å². The van der Waals surface area contributed by atoms with E-state index in [0.717, 1.165) is 48.7 Å². The van der Waals surface area contributed by atoms with Crippen LogP contribution in [0.15, 0.2) is 122 Å². The van der Waals surface area contributed by atoms with Gasteiger partial charge < -0.3 is 39.5 Å². The van der Waals surface area contributed by atoms with Crippen LogP contribution in [0.3, 0.4) is 0 Å².